The summed E-state index contributed by atoms with van der Waals surface area (Å²) in [4.78, 5) is 13.4. The van der Waals surface area contributed by atoms with Gasteiger partial charge in [0.2, 0.25) is 10.0 Å². The lowest BCUT2D eigenvalue weighted by atomic mass is 10.00. The van der Waals surface area contributed by atoms with Gasteiger partial charge in [0.15, 0.2) is 0 Å². The molecule has 1 aliphatic rings. The van der Waals surface area contributed by atoms with Gasteiger partial charge in [-0.25, -0.2) is 17.6 Å². The van der Waals surface area contributed by atoms with E-state index in [9.17, 15) is 22.7 Å². The van der Waals surface area contributed by atoms with Gasteiger partial charge >= 0.3 is 5.97 Å². The lowest BCUT2D eigenvalue weighted by Gasteiger charge is -2.42. The average Bonchev–Trinajstić information content (AvgIpc) is 3.30. The van der Waals surface area contributed by atoms with E-state index in [2.05, 4.69) is 37.8 Å². The molecular weight excluding hydrogens is 519 g/mol. The molecule has 0 heterocycles. The summed E-state index contributed by atoms with van der Waals surface area (Å²) in [7, 11) is -2.53. The Hall–Kier alpha value is -3.11. The van der Waals surface area contributed by atoms with Crippen LogP contribution in [0, 0.1) is 5.82 Å². The first kappa shape index (κ1) is 28.9. The van der Waals surface area contributed by atoms with Crippen LogP contribution in [0.4, 0.5) is 4.39 Å². The molecule has 7 nitrogen and oxygen atoms in total. The number of rotatable bonds is 9. The van der Waals surface area contributed by atoms with Gasteiger partial charge in [-0.15, -0.1) is 0 Å². The Kier molecular flexibility index (Phi) is 8.28. The van der Waals surface area contributed by atoms with Crippen molar-refractivity contribution in [1.82, 2.24) is 9.21 Å². The summed E-state index contributed by atoms with van der Waals surface area (Å²) in [6, 6.07) is 18.3. The lowest BCUT2D eigenvalue weighted by molar-refractivity contribution is 0.0233. The molecule has 0 saturated carbocycles. The summed E-state index contributed by atoms with van der Waals surface area (Å²) in [5.74, 6) is -2.28. The van der Waals surface area contributed by atoms with Crippen molar-refractivity contribution in [1.29, 1.82) is 0 Å². The number of hydrogen-bond donors (Lipinski definition) is 2. The van der Waals surface area contributed by atoms with Crippen molar-refractivity contribution in [2.24, 2.45) is 0 Å². The first-order valence-corrected chi connectivity index (χ1v) is 14.3. The molecule has 208 valence electrons. The third kappa shape index (κ3) is 6.38. The minimum absolute atomic E-state index is 0.00339. The Morgan fingerprint density at radius 3 is 2.15 bits per heavy atom. The highest BCUT2D eigenvalue weighted by atomic mass is 32.2. The number of benzene rings is 3. The highest BCUT2D eigenvalue weighted by molar-refractivity contribution is 7.89. The largest absolute Gasteiger partial charge is 0.478 e. The highest BCUT2D eigenvalue weighted by Crippen LogP contribution is 2.30. The fraction of sp³-hybridized carbons (Fsp3) is 0.367. The second-order valence-electron chi connectivity index (χ2n) is 11.1. The number of fused-ring (bicyclic) bond motifs is 1. The first-order chi connectivity index (χ1) is 18.3. The standard InChI is InChI=1S/C30H35FN2O5S/c1-30(2,3)33(24-14-20-8-5-6-9-21(20)15-24)19-25(34)18-32(4)39(37,38)26-11-7-10-22(16-26)23-12-13-27(29(35)36)28(31)17-23/h5-13,16-17,24-25,34H,14-15,18-19H2,1-4H3,(H,35,36)/t25-/m0/s1. The number of nitrogens with zero attached hydrogens (tertiary/aromatic N) is 2. The predicted octanol–water partition coefficient (Wildman–Crippen LogP) is 4.44. The molecule has 0 radical (unpaired) electrons. The van der Waals surface area contributed by atoms with E-state index in [1.165, 1.54) is 36.4 Å². The summed E-state index contributed by atoms with van der Waals surface area (Å²) in [6.07, 6.45) is 0.845. The molecule has 9 heteroatoms. The Morgan fingerprint density at radius 1 is 0.974 bits per heavy atom. The molecule has 0 unspecified atom stereocenters. The molecule has 0 amide bonds. The van der Waals surface area contributed by atoms with Gasteiger partial charge in [-0.3, -0.25) is 4.90 Å². The quantitative estimate of drug-likeness (QED) is 0.406. The molecular formula is C30H35FN2O5S. The summed E-state index contributed by atoms with van der Waals surface area (Å²) in [6.45, 7) is 6.51. The molecule has 0 aliphatic heterocycles. The van der Waals surface area contributed by atoms with Gasteiger partial charge < -0.3 is 10.2 Å². The zero-order valence-corrected chi connectivity index (χ0v) is 23.5. The van der Waals surface area contributed by atoms with Crippen molar-refractivity contribution < 1.29 is 27.8 Å². The number of aliphatic hydroxyl groups excluding tert-OH is 1. The number of likely N-dealkylation sites (N-methyl/N-ethyl adjacent to an activating group) is 1. The number of sulfonamides is 1. The number of hydrogen-bond acceptors (Lipinski definition) is 5. The van der Waals surface area contributed by atoms with Gasteiger partial charge in [-0.05, 0) is 80.1 Å². The minimum atomic E-state index is -3.96. The Labute approximate surface area is 229 Å². The zero-order valence-electron chi connectivity index (χ0n) is 22.6. The van der Waals surface area contributed by atoms with Crippen LogP contribution in [0.5, 0.6) is 0 Å². The second-order valence-corrected chi connectivity index (χ2v) is 13.2. The first-order valence-electron chi connectivity index (χ1n) is 12.9. The predicted molar refractivity (Wildman–Crippen MR) is 149 cm³/mol. The molecule has 4 rings (SSSR count). The van der Waals surface area contributed by atoms with Crippen molar-refractivity contribution in [3.63, 3.8) is 0 Å². The van der Waals surface area contributed by atoms with Gasteiger partial charge in [-0.2, -0.15) is 4.31 Å². The van der Waals surface area contributed by atoms with E-state index < -0.39 is 33.5 Å². The topological polar surface area (TPSA) is 98.2 Å². The van der Waals surface area contributed by atoms with E-state index in [1.54, 1.807) is 12.1 Å². The summed E-state index contributed by atoms with van der Waals surface area (Å²) in [5.41, 5.74) is 2.72. The second kappa shape index (κ2) is 11.2. The summed E-state index contributed by atoms with van der Waals surface area (Å²) >= 11 is 0. The fourth-order valence-corrected chi connectivity index (χ4v) is 6.55. The maximum Gasteiger partial charge on any atom is 0.338 e. The van der Waals surface area contributed by atoms with Gasteiger partial charge in [0.1, 0.15) is 5.82 Å². The lowest BCUT2D eigenvalue weighted by Crippen LogP contribution is -2.53. The molecule has 3 aromatic carbocycles. The van der Waals surface area contributed by atoms with E-state index in [-0.39, 0.29) is 23.0 Å². The third-order valence-corrected chi connectivity index (χ3v) is 9.10. The fourth-order valence-electron chi connectivity index (χ4n) is 5.29. The molecule has 0 bridgehead atoms. The Bertz CT molecular complexity index is 1440. The molecule has 0 fully saturated rings. The van der Waals surface area contributed by atoms with Crippen LogP contribution in [0.1, 0.15) is 42.3 Å². The normalized spacial score (nSPS) is 15.1. The van der Waals surface area contributed by atoms with E-state index in [4.69, 9.17) is 5.11 Å². The SMILES string of the molecule is CN(C[C@H](O)CN(C1Cc2ccccc2C1)C(C)(C)C)S(=O)(=O)c1cccc(-c2ccc(C(=O)O)c(F)c2)c1. The molecule has 0 spiro atoms. The van der Waals surface area contributed by atoms with Crippen molar-refractivity contribution in [3.8, 4) is 11.1 Å². The van der Waals surface area contributed by atoms with Crippen molar-refractivity contribution in [2.45, 2.75) is 56.2 Å². The number of carbonyl (C=O) groups is 1. The van der Waals surface area contributed by atoms with E-state index in [0.717, 1.165) is 29.3 Å². The van der Waals surface area contributed by atoms with Crippen LogP contribution in [0.2, 0.25) is 0 Å². The van der Waals surface area contributed by atoms with Crippen LogP contribution >= 0.6 is 0 Å². The van der Waals surface area contributed by atoms with E-state index in [1.807, 2.05) is 12.1 Å². The maximum atomic E-state index is 14.2. The van der Waals surface area contributed by atoms with Crippen LogP contribution in [0.3, 0.4) is 0 Å². The van der Waals surface area contributed by atoms with Crippen molar-refractivity contribution >= 4 is 16.0 Å². The monoisotopic (exact) mass is 554 g/mol. The van der Waals surface area contributed by atoms with Crippen LogP contribution in [-0.4, -0.2) is 71.6 Å². The number of carboxylic acid groups (broad SMARTS) is 1. The Morgan fingerprint density at radius 2 is 1.59 bits per heavy atom. The molecule has 1 atom stereocenters. The van der Waals surface area contributed by atoms with Gasteiger partial charge in [0, 0.05) is 31.7 Å². The summed E-state index contributed by atoms with van der Waals surface area (Å²) < 4.78 is 42.2. The minimum Gasteiger partial charge on any atom is -0.478 e. The van der Waals surface area contributed by atoms with E-state index >= 15 is 0 Å². The van der Waals surface area contributed by atoms with E-state index in [0.29, 0.717) is 17.7 Å². The zero-order chi connectivity index (χ0) is 28.5. The molecule has 2 N–H and O–H groups in total. The number of β-amino-alcohol motifs (C(OH)–C–C–N with tert-alkyl or cyclic N) is 1. The smallest absolute Gasteiger partial charge is 0.338 e. The van der Waals surface area contributed by atoms with Crippen molar-refractivity contribution in [3.05, 3.63) is 89.2 Å². The van der Waals surface area contributed by atoms with Gasteiger partial charge in [0.25, 0.3) is 0 Å². The van der Waals surface area contributed by atoms with Crippen LogP contribution in [0.15, 0.2) is 71.6 Å². The molecule has 0 saturated heterocycles. The molecule has 1 aliphatic carbocycles. The third-order valence-electron chi connectivity index (χ3n) is 7.28. The number of carboxylic acids is 1. The van der Waals surface area contributed by atoms with Crippen LogP contribution < -0.4 is 0 Å². The molecule has 3 aromatic rings. The number of aliphatic hydroxyl groups is 1. The van der Waals surface area contributed by atoms with Crippen LogP contribution in [-0.2, 0) is 22.9 Å². The molecule has 0 aromatic heterocycles. The van der Waals surface area contributed by atoms with Crippen molar-refractivity contribution in [2.75, 3.05) is 20.1 Å². The summed E-state index contributed by atoms with van der Waals surface area (Å²) in [5, 5.41) is 20.1. The average molecular weight is 555 g/mol. The Balaban J connectivity index is 1.48. The van der Waals surface area contributed by atoms with Crippen LogP contribution in [0.25, 0.3) is 11.1 Å². The number of halogens is 1. The number of aromatic carboxylic acids is 1. The molecule has 39 heavy (non-hydrogen) atoms. The van der Waals surface area contributed by atoms with Gasteiger partial charge in [0.05, 0.1) is 16.6 Å². The highest BCUT2D eigenvalue weighted by Gasteiger charge is 2.35. The van der Waals surface area contributed by atoms with Gasteiger partial charge in [-0.1, -0.05) is 42.5 Å². The maximum absolute atomic E-state index is 14.2.